The number of aromatic nitrogens is 3. The summed E-state index contributed by atoms with van der Waals surface area (Å²) in [4.78, 5) is 9.22. The average molecular weight is 522 g/mol. The van der Waals surface area contributed by atoms with Crippen molar-refractivity contribution in [2.24, 2.45) is 10.9 Å². The number of hydrogen-bond donors (Lipinski definition) is 2. The molecule has 0 spiro atoms. The largest absolute Gasteiger partial charge is 0.381 e. The molecule has 1 aromatic rings. The normalized spacial score (nSPS) is 21.5. The lowest BCUT2D eigenvalue weighted by atomic mass is 10.1. The Kier molecular flexibility index (Phi) is 11.2. The van der Waals surface area contributed by atoms with E-state index in [0.29, 0.717) is 18.6 Å². The predicted octanol–water partition coefficient (Wildman–Crippen LogP) is 1.36. The Bertz CT molecular complexity index is 621. The first kappa shape index (κ1) is 24.3. The quantitative estimate of drug-likeness (QED) is 0.207. The summed E-state index contributed by atoms with van der Waals surface area (Å²) in [5.41, 5.74) is 0. The molecule has 0 saturated carbocycles. The number of guanidine groups is 1. The summed E-state index contributed by atoms with van der Waals surface area (Å²) >= 11 is 0. The van der Waals surface area contributed by atoms with Crippen LogP contribution in [0.2, 0.25) is 0 Å². The van der Waals surface area contributed by atoms with E-state index in [-0.39, 0.29) is 24.0 Å². The number of halogens is 1. The van der Waals surface area contributed by atoms with Gasteiger partial charge in [-0.3, -0.25) is 4.99 Å². The molecule has 166 valence electrons. The van der Waals surface area contributed by atoms with Crippen LogP contribution in [0.15, 0.2) is 4.99 Å². The second kappa shape index (κ2) is 13.3. The number of methoxy groups -OCH3 is 1. The van der Waals surface area contributed by atoms with Gasteiger partial charge in [0.15, 0.2) is 11.8 Å². The van der Waals surface area contributed by atoms with E-state index in [1.54, 1.807) is 7.11 Å². The summed E-state index contributed by atoms with van der Waals surface area (Å²) < 4.78 is 18.2. The summed E-state index contributed by atoms with van der Waals surface area (Å²) in [6, 6.07) is 0.293. The van der Waals surface area contributed by atoms with E-state index in [2.05, 4.69) is 27.6 Å². The number of nitrogens with zero attached hydrogens (tertiary/aromatic N) is 4. The number of fused-ring (bicyclic) bond motifs is 1. The minimum atomic E-state index is 0. The third-order valence-electron chi connectivity index (χ3n) is 4.95. The molecule has 2 N–H and O–H groups in total. The minimum absolute atomic E-state index is 0. The van der Waals surface area contributed by atoms with E-state index in [1.807, 2.05) is 4.68 Å². The lowest BCUT2D eigenvalue weighted by Crippen LogP contribution is -2.47. The molecule has 1 saturated heterocycles. The van der Waals surface area contributed by atoms with E-state index in [1.165, 1.54) is 0 Å². The minimum Gasteiger partial charge on any atom is -0.381 e. The van der Waals surface area contributed by atoms with Crippen LogP contribution >= 0.6 is 24.0 Å². The molecule has 1 fully saturated rings. The Labute approximate surface area is 190 Å². The zero-order valence-electron chi connectivity index (χ0n) is 17.6. The van der Waals surface area contributed by atoms with Crippen LogP contribution in [0.25, 0.3) is 0 Å². The van der Waals surface area contributed by atoms with Gasteiger partial charge in [0.25, 0.3) is 0 Å². The van der Waals surface area contributed by atoms with Gasteiger partial charge < -0.3 is 24.8 Å². The van der Waals surface area contributed by atoms with Crippen LogP contribution in [-0.2, 0) is 33.8 Å². The summed E-state index contributed by atoms with van der Waals surface area (Å²) in [5.74, 6) is 3.22. The topological polar surface area (TPSA) is 94.8 Å². The number of nitrogens with one attached hydrogen (secondary N) is 2. The van der Waals surface area contributed by atoms with Crippen molar-refractivity contribution in [3.63, 3.8) is 0 Å². The van der Waals surface area contributed by atoms with E-state index in [0.717, 1.165) is 89.4 Å². The fraction of sp³-hybridized carbons (Fsp3) is 0.842. The van der Waals surface area contributed by atoms with E-state index >= 15 is 0 Å². The van der Waals surface area contributed by atoms with Gasteiger partial charge in [-0.15, -0.1) is 24.0 Å². The molecule has 0 amide bonds. The van der Waals surface area contributed by atoms with Crippen LogP contribution in [0.5, 0.6) is 0 Å². The predicted molar refractivity (Wildman–Crippen MR) is 122 cm³/mol. The second-order valence-electron chi connectivity index (χ2n) is 7.36. The molecular formula is C19H35IN6O3. The van der Waals surface area contributed by atoms with Gasteiger partial charge in [0, 0.05) is 51.8 Å². The lowest BCUT2D eigenvalue weighted by Gasteiger charge is -2.25. The van der Waals surface area contributed by atoms with Crippen LogP contribution in [0, 0.1) is 5.92 Å². The molecule has 0 aromatic carbocycles. The molecule has 3 rings (SSSR count). The molecule has 29 heavy (non-hydrogen) atoms. The van der Waals surface area contributed by atoms with Gasteiger partial charge in [-0.1, -0.05) is 0 Å². The van der Waals surface area contributed by atoms with Gasteiger partial charge >= 0.3 is 0 Å². The molecule has 3 heterocycles. The zero-order chi connectivity index (χ0) is 19.6. The molecule has 2 unspecified atom stereocenters. The third-order valence-corrected chi connectivity index (χ3v) is 4.95. The van der Waals surface area contributed by atoms with Gasteiger partial charge in [0.1, 0.15) is 12.4 Å². The van der Waals surface area contributed by atoms with Crippen molar-refractivity contribution in [2.75, 3.05) is 46.6 Å². The van der Waals surface area contributed by atoms with Gasteiger partial charge in [-0.05, 0) is 26.2 Å². The SMILES string of the molecule is CCNC(=NCCCOCC1CCOC1)NC1CCc2nc(COC)nn2C1.I. The molecule has 9 nitrogen and oxygen atoms in total. The van der Waals surface area contributed by atoms with Crippen LogP contribution < -0.4 is 10.6 Å². The molecule has 2 atom stereocenters. The fourth-order valence-corrected chi connectivity index (χ4v) is 3.50. The maximum atomic E-state index is 5.75. The van der Waals surface area contributed by atoms with Crippen molar-refractivity contribution in [3.05, 3.63) is 11.6 Å². The summed E-state index contributed by atoms with van der Waals surface area (Å²) in [6.07, 6.45) is 3.96. The number of ether oxygens (including phenoxy) is 3. The monoisotopic (exact) mass is 522 g/mol. The van der Waals surface area contributed by atoms with Crippen LogP contribution in [0.1, 0.15) is 37.8 Å². The summed E-state index contributed by atoms with van der Waals surface area (Å²) in [5, 5.41) is 11.4. The smallest absolute Gasteiger partial charge is 0.191 e. The highest BCUT2D eigenvalue weighted by atomic mass is 127. The van der Waals surface area contributed by atoms with E-state index in [9.17, 15) is 0 Å². The second-order valence-corrected chi connectivity index (χ2v) is 7.36. The molecule has 0 radical (unpaired) electrons. The Morgan fingerprint density at radius 3 is 3.03 bits per heavy atom. The first-order chi connectivity index (χ1) is 13.8. The molecule has 2 aliphatic rings. The number of hydrogen-bond acceptors (Lipinski definition) is 6. The van der Waals surface area contributed by atoms with E-state index in [4.69, 9.17) is 19.2 Å². The Balaban J connectivity index is 0.00000300. The number of aliphatic imine (C=N–C) groups is 1. The number of rotatable bonds is 10. The summed E-state index contributed by atoms with van der Waals surface area (Å²) in [6.45, 7) is 8.18. The molecule has 2 aliphatic heterocycles. The molecule has 0 bridgehead atoms. The van der Waals surface area contributed by atoms with Gasteiger partial charge in [-0.25, -0.2) is 9.67 Å². The lowest BCUT2D eigenvalue weighted by molar-refractivity contribution is 0.0893. The van der Waals surface area contributed by atoms with Crippen LogP contribution in [0.4, 0.5) is 0 Å². The van der Waals surface area contributed by atoms with Crippen molar-refractivity contribution >= 4 is 29.9 Å². The van der Waals surface area contributed by atoms with Crippen molar-refractivity contribution < 1.29 is 14.2 Å². The molecular weight excluding hydrogens is 487 g/mol. The van der Waals surface area contributed by atoms with Crippen LogP contribution in [-0.4, -0.2) is 73.4 Å². The van der Waals surface area contributed by atoms with Crippen molar-refractivity contribution in [2.45, 2.75) is 51.8 Å². The van der Waals surface area contributed by atoms with Gasteiger partial charge in [0.2, 0.25) is 0 Å². The maximum absolute atomic E-state index is 5.75. The molecule has 1 aromatic heterocycles. The van der Waals surface area contributed by atoms with Crippen molar-refractivity contribution in [3.8, 4) is 0 Å². The highest BCUT2D eigenvalue weighted by molar-refractivity contribution is 14.0. The Hall–Kier alpha value is -0.980. The highest BCUT2D eigenvalue weighted by Gasteiger charge is 2.22. The molecule has 10 heteroatoms. The maximum Gasteiger partial charge on any atom is 0.191 e. The highest BCUT2D eigenvalue weighted by Crippen LogP contribution is 2.14. The zero-order valence-corrected chi connectivity index (χ0v) is 19.9. The average Bonchev–Trinajstić information content (AvgIpc) is 3.34. The Morgan fingerprint density at radius 2 is 2.28 bits per heavy atom. The van der Waals surface area contributed by atoms with Gasteiger partial charge in [-0.2, -0.15) is 5.10 Å². The number of aryl methyl sites for hydroxylation is 1. The van der Waals surface area contributed by atoms with Crippen molar-refractivity contribution in [1.82, 2.24) is 25.4 Å². The summed E-state index contributed by atoms with van der Waals surface area (Å²) in [7, 11) is 1.66. The third kappa shape index (κ3) is 7.99. The van der Waals surface area contributed by atoms with Gasteiger partial charge in [0.05, 0.1) is 19.8 Å². The molecule has 0 aliphatic carbocycles. The van der Waals surface area contributed by atoms with Crippen LogP contribution in [0.3, 0.4) is 0 Å². The van der Waals surface area contributed by atoms with Crippen molar-refractivity contribution in [1.29, 1.82) is 0 Å². The standard InChI is InChI=1S/C19H34N6O3.HI/c1-3-20-19(21-8-4-9-27-12-15-7-10-28-13-15)22-16-5-6-18-23-17(14-26-2)24-25(18)11-16;/h15-16H,3-14H2,1-2H3,(H2,20,21,22);1H. The Morgan fingerprint density at radius 1 is 1.38 bits per heavy atom. The van der Waals surface area contributed by atoms with E-state index < -0.39 is 0 Å². The first-order valence-electron chi connectivity index (χ1n) is 10.4. The first-order valence-corrected chi connectivity index (χ1v) is 10.4. The fourth-order valence-electron chi connectivity index (χ4n) is 3.50.